The quantitative estimate of drug-likeness (QED) is 0.787. The number of methoxy groups -OCH3 is 1. The minimum Gasteiger partial charge on any atom is -0.494 e. The van der Waals surface area contributed by atoms with Crippen molar-refractivity contribution in [2.24, 2.45) is 0 Å². The zero-order valence-electron chi connectivity index (χ0n) is 10.6. The van der Waals surface area contributed by atoms with Gasteiger partial charge in [0.2, 0.25) is 5.95 Å². The summed E-state index contributed by atoms with van der Waals surface area (Å²) < 4.78 is 20.4. The Labute approximate surface area is 119 Å². The summed E-state index contributed by atoms with van der Waals surface area (Å²) in [5.41, 5.74) is 7.90. The largest absolute Gasteiger partial charge is 0.494 e. The maximum Gasteiger partial charge on any atom is 0.205 e. The average molecular weight is 292 g/mol. The van der Waals surface area contributed by atoms with Crippen LogP contribution < -0.4 is 10.5 Å². The normalized spacial score (nSPS) is 10.9. The highest BCUT2D eigenvalue weighted by Crippen LogP contribution is 2.27. The number of aromatic nitrogens is 2. The first-order valence-corrected chi connectivity index (χ1v) is 6.25. The average Bonchev–Trinajstić information content (AvgIpc) is 2.73. The van der Waals surface area contributed by atoms with E-state index >= 15 is 0 Å². The van der Waals surface area contributed by atoms with Crippen LogP contribution in [-0.2, 0) is 0 Å². The van der Waals surface area contributed by atoms with Gasteiger partial charge in [-0.15, -0.1) is 0 Å². The molecule has 1 heterocycles. The van der Waals surface area contributed by atoms with E-state index in [1.165, 1.54) is 13.2 Å². The highest BCUT2D eigenvalue weighted by atomic mass is 35.5. The predicted octanol–water partition coefficient (Wildman–Crippen LogP) is 3.41. The first-order chi connectivity index (χ1) is 9.60. The van der Waals surface area contributed by atoms with Crippen LogP contribution in [0.3, 0.4) is 0 Å². The summed E-state index contributed by atoms with van der Waals surface area (Å²) in [4.78, 5) is 4.23. The summed E-state index contributed by atoms with van der Waals surface area (Å²) in [5.74, 6) is -0.00756. The Morgan fingerprint density at radius 2 is 2.05 bits per heavy atom. The van der Waals surface area contributed by atoms with Crippen LogP contribution in [0.1, 0.15) is 0 Å². The molecule has 0 unspecified atom stereocenters. The lowest BCUT2D eigenvalue weighted by molar-refractivity contribution is 0.386. The standard InChI is InChI=1S/C14H11ClFN3O/c1-20-13-5-3-9(7-10(13)16)19-12-4-2-8(15)6-11(12)18-14(19)17/h2-7H,1H3,(H2,17,18). The number of hydrogen-bond donors (Lipinski definition) is 1. The van der Waals surface area contributed by atoms with Crippen molar-refractivity contribution in [3.63, 3.8) is 0 Å². The van der Waals surface area contributed by atoms with Crippen LogP contribution in [0.2, 0.25) is 5.02 Å². The fraction of sp³-hybridized carbons (Fsp3) is 0.0714. The van der Waals surface area contributed by atoms with Crippen molar-refractivity contribution in [3.05, 3.63) is 47.2 Å². The van der Waals surface area contributed by atoms with Crippen molar-refractivity contribution >= 4 is 28.6 Å². The van der Waals surface area contributed by atoms with E-state index in [0.717, 1.165) is 5.52 Å². The molecule has 0 saturated carbocycles. The molecule has 3 aromatic rings. The Balaban J connectivity index is 2.23. The Morgan fingerprint density at radius 1 is 1.25 bits per heavy atom. The summed E-state index contributed by atoms with van der Waals surface area (Å²) in [6, 6.07) is 9.86. The van der Waals surface area contributed by atoms with Gasteiger partial charge < -0.3 is 10.5 Å². The third-order valence-corrected chi connectivity index (χ3v) is 3.27. The van der Waals surface area contributed by atoms with Gasteiger partial charge in [0.1, 0.15) is 0 Å². The van der Waals surface area contributed by atoms with Gasteiger partial charge in [-0.3, -0.25) is 4.57 Å². The molecule has 0 spiro atoms. The van der Waals surface area contributed by atoms with Crippen LogP contribution in [0.4, 0.5) is 10.3 Å². The van der Waals surface area contributed by atoms with E-state index in [2.05, 4.69) is 4.98 Å². The zero-order valence-corrected chi connectivity index (χ0v) is 11.4. The van der Waals surface area contributed by atoms with Crippen molar-refractivity contribution in [1.82, 2.24) is 9.55 Å². The fourth-order valence-corrected chi connectivity index (χ4v) is 2.30. The molecule has 3 rings (SSSR count). The molecule has 20 heavy (non-hydrogen) atoms. The number of nitrogens with two attached hydrogens (primary N) is 1. The second-order valence-electron chi connectivity index (χ2n) is 4.26. The molecule has 102 valence electrons. The molecule has 0 fully saturated rings. The van der Waals surface area contributed by atoms with Gasteiger partial charge in [-0.1, -0.05) is 11.6 Å². The zero-order chi connectivity index (χ0) is 14.3. The number of anilines is 1. The number of fused-ring (bicyclic) bond motifs is 1. The van der Waals surface area contributed by atoms with Crippen LogP contribution in [0.25, 0.3) is 16.7 Å². The Bertz CT molecular complexity index is 800. The number of halogens is 2. The third kappa shape index (κ3) is 1.96. The van der Waals surface area contributed by atoms with E-state index in [4.69, 9.17) is 22.1 Å². The summed E-state index contributed by atoms with van der Waals surface area (Å²) in [5, 5.41) is 0.572. The number of rotatable bonds is 2. The number of nitrogens with zero attached hydrogens (tertiary/aromatic N) is 2. The summed E-state index contributed by atoms with van der Waals surface area (Å²) >= 11 is 5.92. The van der Waals surface area contributed by atoms with Crippen molar-refractivity contribution in [2.45, 2.75) is 0 Å². The van der Waals surface area contributed by atoms with Gasteiger partial charge in [0.05, 0.1) is 23.8 Å². The van der Waals surface area contributed by atoms with Crippen molar-refractivity contribution in [1.29, 1.82) is 0 Å². The molecule has 0 atom stereocenters. The predicted molar refractivity (Wildman–Crippen MR) is 77.0 cm³/mol. The van der Waals surface area contributed by atoms with Crippen LogP contribution in [0.5, 0.6) is 5.75 Å². The first-order valence-electron chi connectivity index (χ1n) is 5.87. The smallest absolute Gasteiger partial charge is 0.205 e. The van der Waals surface area contributed by atoms with Gasteiger partial charge in [-0.05, 0) is 30.3 Å². The van der Waals surface area contributed by atoms with Gasteiger partial charge in [0.15, 0.2) is 11.6 Å². The minimum atomic E-state index is -0.458. The minimum absolute atomic E-state index is 0.180. The Hall–Kier alpha value is -2.27. The maximum absolute atomic E-state index is 13.8. The molecule has 0 bridgehead atoms. The van der Waals surface area contributed by atoms with E-state index in [-0.39, 0.29) is 11.7 Å². The van der Waals surface area contributed by atoms with Crippen molar-refractivity contribution in [2.75, 3.05) is 12.8 Å². The number of hydrogen-bond acceptors (Lipinski definition) is 3. The Morgan fingerprint density at radius 3 is 2.75 bits per heavy atom. The SMILES string of the molecule is COc1ccc(-n2c(N)nc3cc(Cl)ccc32)cc1F. The highest BCUT2D eigenvalue weighted by Gasteiger charge is 2.12. The van der Waals surface area contributed by atoms with E-state index < -0.39 is 5.82 Å². The molecular formula is C14H11ClFN3O. The van der Waals surface area contributed by atoms with Crippen molar-refractivity contribution in [3.8, 4) is 11.4 Å². The molecule has 0 aliphatic heterocycles. The fourth-order valence-electron chi connectivity index (χ4n) is 2.14. The lowest BCUT2D eigenvalue weighted by atomic mass is 10.2. The molecule has 0 radical (unpaired) electrons. The van der Waals surface area contributed by atoms with Crippen LogP contribution in [0.15, 0.2) is 36.4 Å². The first kappa shape index (κ1) is 12.7. The molecule has 6 heteroatoms. The van der Waals surface area contributed by atoms with E-state index in [0.29, 0.717) is 16.2 Å². The molecular weight excluding hydrogens is 281 g/mol. The van der Waals surface area contributed by atoms with Gasteiger partial charge in [-0.25, -0.2) is 9.37 Å². The molecule has 1 aromatic heterocycles. The van der Waals surface area contributed by atoms with Gasteiger partial charge in [-0.2, -0.15) is 0 Å². The Kier molecular flexibility index (Phi) is 2.99. The number of nitrogen functional groups attached to an aromatic ring is 1. The second kappa shape index (κ2) is 4.68. The van der Waals surface area contributed by atoms with Gasteiger partial charge in [0, 0.05) is 11.1 Å². The number of ether oxygens (including phenoxy) is 1. The van der Waals surface area contributed by atoms with E-state index in [1.807, 2.05) is 0 Å². The maximum atomic E-state index is 13.8. The number of imidazole rings is 1. The lowest BCUT2D eigenvalue weighted by Crippen LogP contribution is -2.01. The highest BCUT2D eigenvalue weighted by molar-refractivity contribution is 6.31. The van der Waals surface area contributed by atoms with E-state index in [9.17, 15) is 4.39 Å². The third-order valence-electron chi connectivity index (χ3n) is 3.04. The molecule has 0 amide bonds. The second-order valence-corrected chi connectivity index (χ2v) is 4.69. The summed E-state index contributed by atoms with van der Waals surface area (Å²) in [6.07, 6.45) is 0. The summed E-state index contributed by atoms with van der Waals surface area (Å²) in [7, 11) is 1.42. The molecule has 2 N–H and O–H groups in total. The molecule has 0 aliphatic carbocycles. The summed E-state index contributed by atoms with van der Waals surface area (Å²) in [6.45, 7) is 0. The molecule has 0 saturated heterocycles. The van der Waals surface area contributed by atoms with Crippen molar-refractivity contribution < 1.29 is 9.13 Å². The monoisotopic (exact) mass is 291 g/mol. The van der Waals surface area contributed by atoms with Gasteiger partial charge >= 0.3 is 0 Å². The molecule has 0 aliphatic rings. The van der Waals surface area contributed by atoms with Crippen LogP contribution in [0, 0.1) is 5.82 Å². The topological polar surface area (TPSA) is 53.1 Å². The van der Waals surface area contributed by atoms with Crippen LogP contribution >= 0.6 is 11.6 Å². The lowest BCUT2D eigenvalue weighted by Gasteiger charge is -2.08. The van der Waals surface area contributed by atoms with Crippen LogP contribution in [-0.4, -0.2) is 16.7 Å². The van der Waals surface area contributed by atoms with Gasteiger partial charge in [0.25, 0.3) is 0 Å². The molecule has 4 nitrogen and oxygen atoms in total. The number of benzene rings is 2. The van der Waals surface area contributed by atoms with E-state index in [1.54, 1.807) is 34.9 Å². The molecule has 2 aromatic carbocycles.